The standard InChI is InChI=1S/C19H23N3O2S/c1-14-5-7-16(8-6-14)20-18(23)15(2)21-9-11-22(12-10-21)19(24)17-4-3-13-25-17/h3-8,13,15H,9-12H2,1-2H3,(H,20,23)/t15-/m0/s1. The van der Waals surface area contributed by atoms with E-state index in [1.54, 1.807) is 0 Å². The number of piperazine rings is 1. The van der Waals surface area contributed by atoms with Gasteiger partial charge in [-0.25, -0.2) is 0 Å². The van der Waals surface area contributed by atoms with Gasteiger partial charge in [-0.05, 0) is 37.4 Å². The number of hydrogen-bond acceptors (Lipinski definition) is 4. The van der Waals surface area contributed by atoms with E-state index in [0.717, 1.165) is 16.1 Å². The van der Waals surface area contributed by atoms with Gasteiger partial charge in [-0.15, -0.1) is 11.3 Å². The third kappa shape index (κ3) is 4.27. The lowest BCUT2D eigenvalue weighted by atomic mass is 10.2. The topological polar surface area (TPSA) is 52.7 Å². The van der Waals surface area contributed by atoms with Crippen LogP contribution in [0.25, 0.3) is 0 Å². The normalized spacial score (nSPS) is 16.5. The van der Waals surface area contributed by atoms with Crippen molar-refractivity contribution in [2.75, 3.05) is 31.5 Å². The molecule has 1 N–H and O–H groups in total. The molecule has 6 heteroatoms. The van der Waals surface area contributed by atoms with Gasteiger partial charge >= 0.3 is 0 Å². The summed E-state index contributed by atoms with van der Waals surface area (Å²) in [5.74, 6) is 0.0771. The summed E-state index contributed by atoms with van der Waals surface area (Å²) in [5.41, 5.74) is 1.98. The first-order valence-electron chi connectivity index (χ1n) is 8.49. The second-order valence-electron chi connectivity index (χ2n) is 6.34. The Bertz CT molecular complexity index is 720. The Labute approximate surface area is 152 Å². The molecule has 1 aromatic heterocycles. The molecule has 2 amide bonds. The smallest absolute Gasteiger partial charge is 0.264 e. The third-order valence-electron chi connectivity index (χ3n) is 4.58. The van der Waals surface area contributed by atoms with Crippen LogP contribution in [0.4, 0.5) is 5.69 Å². The molecular formula is C19H23N3O2S. The zero-order valence-electron chi connectivity index (χ0n) is 14.6. The zero-order valence-corrected chi connectivity index (χ0v) is 15.4. The van der Waals surface area contributed by atoms with Gasteiger partial charge in [0.15, 0.2) is 0 Å². The van der Waals surface area contributed by atoms with Gasteiger partial charge in [0.25, 0.3) is 5.91 Å². The lowest BCUT2D eigenvalue weighted by Crippen LogP contribution is -2.53. The van der Waals surface area contributed by atoms with Crippen molar-refractivity contribution in [3.8, 4) is 0 Å². The van der Waals surface area contributed by atoms with Crippen LogP contribution >= 0.6 is 11.3 Å². The van der Waals surface area contributed by atoms with Crippen LogP contribution in [0.1, 0.15) is 22.2 Å². The molecule has 2 aromatic rings. The van der Waals surface area contributed by atoms with Crippen molar-refractivity contribution >= 4 is 28.8 Å². The fourth-order valence-corrected chi connectivity index (χ4v) is 3.61. The van der Waals surface area contributed by atoms with Crippen LogP contribution in [0, 0.1) is 6.92 Å². The van der Waals surface area contributed by atoms with Gasteiger partial charge in [0.1, 0.15) is 0 Å². The molecule has 0 radical (unpaired) electrons. The molecule has 5 nitrogen and oxygen atoms in total. The van der Waals surface area contributed by atoms with Gasteiger partial charge in [-0.3, -0.25) is 14.5 Å². The summed E-state index contributed by atoms with van der Waals surface area (Å²) in [4.78, 5) is 29.6. The molecule has 1 aliphatic heterocycles. The molecule has 1 fully saturated rings. The van der Waals surface area contributed by atoms with Crippen LogP contribution in [0.5, 0.6) is 0 Å². The number of carbonyl (C=O) groups is 2. The maximum atomic E-state index is 12.5. The minimum atomic E-state index is -0.222. The molecule has 25 heavy (non-hydrogen) atoms. The minimum Gasteiger partial charge on any atom is -0.335 e. The average Bonchev–Trinajstić information content (AvgIpc) is 3.17. The second-order valence-corrected chi connectivity index (χ2v) is 7.28. The number of carbonyl (C=O) groups excluding carboxylic acids is 2. The summed E-state index contributed by atoms with van der Waals surface area (Å²) in [5, 5.41) is 4.88. The first-order chi connectivity index (χ1) is 12.0. The van der Waals surface area contributed by atoms with E-state index >= 15 is 0 Å². The van der Waals surface area contributed by atoms with Crippen molar-refractivity contribution in [3.63, 3.8) is 0 Å². The lowest BCUT2D eigenvalue weighted by Gasteiger charge is -2.37. The van der Waals surface area contributed by atoms with E-state index < -0.39 is 0 Å². The van der Waals surface area contributed by atoms with Crippen LogP contribution in [0.2, 0.25) is 0 Å². The number of aryl methyl sites for hydroxylation is 1. The Balaban J connectivity index is 1.52. The van der Waals surface area contributed by atoms with Crippen LogP contribution in [0.15, 0.2) is 41.8 Å². The van der Waals surface area contributed by atoms with Crippen LogP contribution < -0.4 is 5.32 Å². The Kier molecular flexibility index (Phi) is 5.50. The predicted octanol–water partition coefficient (Wildman–Crippen LogP) is 2.84. The molecule has 1 aliphatic rings. The fourth-order valence-electron chi connectivity index (χ4n) is 2.92. The number of thiophene rings is 1. The molecule has 2 heterocycles. The van der Waals surface area contributed by atoms with E-state index in [0.29, 0.717) is 26.2 Å². The SMILES string of the molecule is Cc1ccc(NC(=O)[C@H](C)N2CCN(C(=O)c3cccs3)CC2)cc1. The molecule has 132 valence electrons. The van der Waals surface area contributed by atoms with Crippen LogP contribution in [-0.4, -0.2) is 53.8 Å². The molecule has 3 rings (SSSR count). The van der Waals surface area contributed by atoms with Gasteiger partial charge in [-0.1, -0.05) is 23.8 Å². The Morgan fingerprint density at radius 1 is 1.08 bits per heavy atom. The maximum absolute atomic E-state index is 12.5. The number of nitrogens with zero attached hydrogens (tertiary/aromatic N) is 2. The van der Waals surface area contributed by atoms with Gasteiger partial charge in [0.05, 0.1) is 10.9 Å². The van der Waals surface area contributed by atoms with E-state index in [2.05, 4.69) is 10.2 Å². The van der Waals surface area contributed by atoms with Crippen molar-refractivity contribution in [1.29, 1.82) is 0 Å². The Morgan fingerprint density at radius 2 is 1.76 bits per heavy atom. The number of hydrogen-bond donors (Lipinski definition) is 1. The summed E-state index contributed by atoms with van der Waals surface area (Å²) in [7, 11) is 0. The summed E-state index contributed by atoms with van der Waals surface area (Å²) in [6, 6.07) is 11.3. The van der Waals surface area contributed by atoms with Gasteiger partial charge in [0, 0.05) is 31.9 Å². The lowest BCUT2D eigenvalue weighted by molar-refractivity contribution is -0.121. The fraction of sp³-hybridized carbons (Fsp3) is 0.368. The molecule has 0 spiro atoms. The van der Waals surface area contributed by atoms with Gasteiger partial charge in [-0.2, -0.15) is 0 Å². The van der Waals surface area contributed by atoms with Crippen molar-refractivity contribution in [3.05, 3.63) is 52.2 Å². The van der Waals surface area contributed by atoms with Crippen molar-refractivity contribution in [2.24, 2.45) is 0 Å². The van der Waals surface area contributed by atoms with E-state index in [1.165, 1.54) is 11.3 Å². The van der Waals surface area contributed by atoms with Crippen molar-refractivity contribution in [1.82, 2.24) is 9.80 Å². The molecule has 0 saturated carbocycles. The third-order valence-corrected chi connectivity index (χ3v) is 5.44. The Hall–Kier alpha value is -2.18. The quantitative estimate of drug-likeness (QED) is 0.915. The van der Waals surface area contributed by atoms with E-state index in [-0.39, 0.29) is 17.9 Å². The summed E-state index contributed by atoms with van der Waals surface area (Å²) < 4.78 is 0. The molecule has 0 aliphatic carbocycles. The van der Waals surface area contributed by atoms with E-state index in [4.69, 9.17) is 0 Å². The molecule has 1 aromatic carbocycles. The number of rotatable bonds is 4. The van der Waals surface area contributed by atoms with Crippen molar-refractivity contribution < 1.29 is 9.59 Å². The summed E-state index contributed by atoms with van der Waals surface area (Å²) in [6.45, 7) is 6.66. The zero-order chi connectivity index (χ0) is 17.8. The molecule has 0 bridgehead atoms. The molecular weight excluding hydrogens is 334 g/mol. The van der Waals surface area contributed by atoms with Crippen molar-refractivity contribution in [2.45, 2.75) is 19.9 Å². The second kappa shape index (κ2) is 7.80. The number of nitrogens with one attached hydrogen (secondary N) is 1. The monoisotopic (exact) mass is 357 g/mol. The first-order valence-corrected chi connectivity index (χ1v) is 9.37. The largest absolute Gasteiger partial charge is 0.335 e. The van der Waals surface area contributed by atoms with Crippen LogP contribution in [0.3, 0.4) is 0 Å². The highest BCUT2D eigenvalue weighted by Gasteiger charge is 2.28. The van der Waals surface area contributed by atoms with Gasteiger partial charge < -0.3 is 10.2 Å². The van der Waals surface area contributed by atoms with E-state index in [9.17, 15) is 9.59 Å². The highest BCUT2D eigenvalue weighted by molar-refractivity contribution is 7.12. The number of benzene rings is 1. The molecule has 1 atom stereocenters. The first kappa shape index (κ1) is 17.6. The average molecular weight is 357 g/mol. The molecule has 1 saturated heterocycles. The maximum Gasteiger partial charge on any atom is 0.264 e. The number of anilines is 1. The molecule has 0 unspecified atom stereocenters. The summed E-state index contributed by atoms with van der Waals surface area (Å²) >= 11 is 1.47. The van der Waals surface area contributed by atoms with Gasteiger partial charge in [0.2, 0.25) is 5.91 Å². The number of amides is 2. The van der Waals surface area contributed by atoms with Crippen LogP contribution in [-0.2, 0) is 4.79 Å². The minimum absolute atomic E-state index is 0.0121. The van der Waals surface area contributed by atoms with E-state index in [1.807, 2.05) is 60.5 Å². The highest BCUT2D eigenvalue weighted by atomic mass is 32.1. The Morgan fingerprint density at radius 3 is 2.36 bits per heavy atom. The predicted molar refractivity (Wildman–Crippen MR) is 101 cm³/mol. The summed E-state index contributed by atoms with van der Waals surface area (Å²) in [6.07, 6.45) is 0. The highest BCUT2D eigenvalue weighted by Crippen LogP contribution is 2.16.